The van der Waals surface area contributed by atoms with Gasteiger partial charge in [-0.25, -0.2) is 0 Å². The highest BCUT2D eigenvalue weighted by Gasteiger charge is 2.30. The number of aliphatic hydroxyl groups excluding tert-OH is 2. The van der Waals surface area contributed by atoms with Gasteiger partial charge in [-0.05, 0) is 12.8 Å². The van der Waals surface area contributed by atoms with E-state index in [2.05, 4.69) is 16.8 Å². The Bertz CT molecular complexity index is 390. The maximum atomic E-state index is 9.32. The van der Waals surface area contributed by atoms with Gasteiger partial charge in [-0.1, -0.05) is 17.8 Å². The Kier molecular flexibility index (Phi) is 4.20. The lowest BCUT2D eigenvalue weighted by molar-refractivity contribution is 0.113. The monoisotopic (exact) mass is 255 g/mol. The van der Waals surface area contributed by atoms with E-state index < -0.39 is 6.10 Å². The zero-order chi connectivity index (χ0) is 12.3. The molecule has 1 heterocycles. The van der Waals surface area contributed by atoms with Gasteiger partial charge in [0, 0.05) is 18.2 Å². The molecular formula is C11H17N3O2S. The number of aliphatic hydroxyl groups is 2. The molecule has 1 atom stereocenters. The van der Waals surface area contributed by atoms with E-state index in [4.69, 9.17) is 5.11 Å². The largest absolute Gasteiger partial charge is 0.394 e. The van der Waals surface area contributed by atoms with Crippen LogP contribution in [0.25, 0.3) is 0 Å². The van der Waals surface area contributed by atoms with Gasteiger partial charge in [0.1, 0.15) is 5.82 Å². The molecular weight excluding hydrogens is 238 g/mol. The molecule has 17 heavy (non-hydrogen) atoms. The van der Waals surface area contributed by atoms with Crippen LogP contribution in [0.3, 0.4) is 0 Å². The van der Waals surface area contributed by atoms with Crippen LogP contribution in [0.15, 0.2) is 17.8 Å². The first-order valence-corrected chi connectivity index (χ1v) is 6.70. The molecule has 1 aromatic heterocycles. The summed E-state index contributed by atoms with van der Waals surface area (Å²) in [6, 6.07) is 0. The van der Waals surface area contributed by atoms with Crippen LogP contribution < -0.4 is 0 Å². The van der Waals surface area contributed by atoms with Crippen molar-refractivity contribution in [1.29, 1.82) is 0 Å². The summed E-state index contributed by atoms with van der Waals surface area (Å²) in [4.78, 5) is 0. The van der Waals surface area contributed by atoms with Crippen molar-refractivity contribution in [1.82, 2.24) is 14.8 Å². The van der Waals surface area contributed by atoms with Crippen molar-refractivity contribution in [2.75, 3.05) is 12.4 Å². The highest BCUT2D eigenvalue weighted by Crippen LogP contribution is 2.40. The number of thioether (sulfide) groups is 1. The minimum Gasteiger partial charge on any atom is -0.394 e. The number of rotatable bonds is 7. The number of nitrogens with zero attached hydrogens (tertiary/aromatic N) is 3. The van der Waals surface area contributed by atoms with Crippen molar-refractivity contribution in [3.63, 3.8) is 0 Å². The minimum atomic E-state index is -0.710. The van der Waals surface area contributed by atoms with E-state index in [1.165, 1.54) is 24.6 Å². The Labute approximate surface area is 105 Å². The molecule has 94 valence electrons. The third-order valence-corrected chi connectivity index (χ3v) is 3.73. The van der Waals surface area contributed by atoms with Crippen molar-refractivity contribution in [3.8, 4) is 0 Å². The molecule has 1 unspecified atom stereocenters. The topological polar surface area (TPSA) is 71.2 Å². The van der Waals surface area contributed by atoms with Gasteiger partial charge in [0.25, 0.3) is 0 Å². The van der Waals surface area contributed by atoms with Gasteiger partial charge in [-0.15, -0.1) is 16.8 Å². The van der Waals surface area contributed by atoms with Crippen LogP contribution in [0.4, 0.5) is 0 Å². The van der Waals surface area contributed by atoms with Crippen molar-refractivity contribution < 1.29 is 10.2 Å². The highest BCUT2D eigenvalue weighted by atomic mass is 32.2. The number of aromatic nitrogens is 3. The first-order valence-electron chi connectivity index (χ1n) is 5.72. The van der Waals surface area contributed by atoms with E-state index >= 15 is 0 Å². The van der Waals surface area contributed by atoms with E-state index in [0.717, 1.165) is 11.0 Å². The Balaban J connectivity index is 2.07. The second-order valence-corrected chi connectivity index (χ2v) is 5.15. The van der Waals surface area contributed by atoms with Gasteiger partial charge in [0.2, 0.25) is 0 Å². The summed E-state index contributed by atoms with van der Waals surface area (Å²) < 4.78 is 2.04. The molecule has 0 amide bonds. The first kappa shape index (κ1) is 12.6. The van der Waals surface area contributed by atoms with Crippen LogP contribution in [-0.2, 0) is 6.54 Å². The normalized spacial score (nSPS) is 17.1. The maximum absolute atomic E-state index is 9.32. The fourth-order valence-corrected chi connectivity index (χ4v) is 2.44. The molecule has 0 bridgehead atoms. The first-order chi connectivity index (χ1) is 8.26. The van der Waals surface area contributed by atoms with Gasteiger partial charge >= 0.3 is 0 Å². The Morgan fingerprint density at radius 2 is 2.29 bits per heavy atom. The fourth-order valence-electron chi connectivity index (χ4n) is 1.57. The van der Waals surface area contributed by atoms with Gasteiger partial charge < -0.3 is 14.8 Å². The molecule has 0 radical (unpaired) electrons. The van der Waals surface area contributed by atoms with Crippen LogP contribution in [0, 0.1) is 0 Å². The Morgan fingerprint density at radius 3 is 2.88 bits per heavy atom. The minimum absolute atomic E-state index is 0.224. The molecule has 1 aromatic rings. The van der Waals surface area contributed by atoms with Crippen molar-refractivity contribution in [3.05, 3.63) is 18.5 Å². The molecule has 1 saturated carbocycles. The van der Waals surface area contributed by atoms with E-state index in [9.17, 15) is 5.11 Å². The summed E-state index contributed by atoms with van der Waals surface area (Å²) in [6.07, 6.45) is 3.47. The Hall–Kier alpha value is -0.850. The molecule has 0 aromatic carbocycles. The molecule has 2 rings (SSSR count). The molecule has 1 fully saturated rings. The second kappa shape index (κ2) is 5.66. The van der Waals surface area contributed by atoms with E-state index in [-0.39, 0.29) is 6.61 Å². The quantitative estimate of drug-likeness (QED) is 0.556. The standard InChI is InChI=1S/C11H17N3O2S/c1-2-5-14-10(8-3-4-8)12-13-11(14)17-7-9(16)6-15/h2,8-9,15-16H,1,3-7H2. The summed E-state index contributed by atoms with van der Waals surface area (Å²) >= 11 is 1.42. The van der Waals surface area contributed by atoms with Crippen molar-refractivity contribution >= 4 is 11.8 Å². The summed E-state index contributed by atoms with van der Waals surface area (Å²) in [5.41, 5.74) is 0. The molecule has 0 spiro atoms. The number of hydrogen-bond acceptors (Lipinski definition) is 5. The van der Waals surface area contributed by atoms with Crippen LogP contribution in [0.2, 0.25) is 0 Å². The lowest BCUT2D eigenvalue weighted by Crippen LogP contribution is -2.15. The third kappa shape index (κ3) is 3.08. The number of hydrogen-bond donors (Lipinski definition) is 2. The molecule has 2 N–H and O–H groups in total. The average Bonchev–Trinajstić information content (AvgIpc) is 3.10. The van der Waals surface area contributed by atoms with Gasteiger partial charge in [-0.3, -0.25) is 0 Å². The predicted molar refractivity (Wildman–Crippen MR) is 66.0 cm³/mol. The van der Waals surface area contributed by atoms with E-state index in [1.807, 2.05) is 10.6 Å². The molecule has 1 aliphatic rings. The molecule has 1 aliphatic carbocycles. The zero-order valence-electron chi connectivity index (χ0n) is 9.62. The SMILES string of the molecule is C=CCn1c(SCC(O)CO)nnc1C1CC1. The summed E-state index contributed by atoms with van der Waals surface area (Å²) in [5.74, 6) is 1.99. The zero-order valence-corrected chi connectivity index (χ0v) is 10.4. The number of allylic oxidation sites excluding steroid dienone is 1. The summed E-state index contributed by atoms with van der Waals surface area (Å²) in [5, 5.41) is 27.2. The van der Waals surface area contributed by atoms with Crippen LogP contribution in [0.1, 0.15) is 24.6 Å². The highest BCUT2D eigenvalue weighted by molar-refractivity contribution is 7.99. The smallest absolute Gasteiger partial charge is 0.191 e. The van der Waals surface area contributed by atoms with Crippen molar-refractivity contribution in [2.45, 2.75) is 36.6 Å². The molecule has 6 heteroatoms. The summed E-state index contributed by atoms with van der Waals surface area (Å²) in [7, 11) is 0. The lowest BCUT2D eigenvalue weighted by Gasteiger charge is -2.08. The second-order valence-electron chi connectivity index (χ2n) is 4.16. The lowest BCUT2D eigenvalue weighted by atomic mass is 10.4. The van der Waals surface area contributed by atoms with Crippen LogP contribution in [0.5, 0.6) is 0 Å². The summed E-state index contributed by atoms with van der Waals surface area (Å²) in [6.45, 7) is 4.20. The van der Waals surface area contributed by atoms with Crippen LogP contribution in [-0.4, -0.2) is 43.4 Å². The molecule has 0 aliphatic heterocycles. The van der Waals surface area contributed by atoms with Crippen molar-refractivity contribution in [2.24, 2.45) is 0 Å². The van der Waals surface area contributed by atoms with Gasteiger partial charge in [-0.2, -0.15) is 0 Å². The fraction of sp³-hybridized carbons (Fsp3) is 0.636. The van der Waals surface area contributed by atoms with E-state index in [1.54, 1.807) is 0 Å². The molecule has 5 nitrogen and oxygen atoms in total. The third-order valence-electron chi connectivity index (χ3n) is 2.62. The maximum Gasteiger partial charge on any atom is 0.191 e. The Morgan fingerprint density at radius 1 is 1.53 bits per heavy atom. The van der Waals surface area contributed by atoms with Gasteiger partial charge in [0.05, 0.1) is 12.7 Å². The average molecular weight is 255 g/mol. The molecule has 0 saturated heterocycles. The van der Waals surface area contributed by atoms with Gasteiger partial charge in [0.15, 0.2) is 5.16 Å². The predicted octanol–water partition coefficient (Wildman–Crippen LogP) is 0.787. The van der Waals surface area contributed by atoms with E-state index in [0.29, 0.717) is 18.2 Å². The van der Waals surface area contributed by atoms with Crippen LogP contribution >= 0.6 is 11.8 Å².